The van der Waals surface area contributed by atoms with E-state index in [1.807, 2.05) is 6.07 Å². The molecule has 3 atom stereocenters. The summed E-state index contributed by atoms with van der Waals surface area (Å²) in [6, 6.07) is 8.72. The molecule has 0 radical (unpaired) electrons. The molecule has 19 heavy (non-hydrogen) atoms. The fourth-order valence-corrected chi connectivity index (χ4v) is 2.79. The Balaban J connectivity index is 1.84. The van der Waals surface area contributed by atoms with Crippen LogP contribution in [0.4, 0.5) is 0 Å². The predicted molar refractivity (Wildman–Crippen MR) is 70.2 cm³/mol. The first kappa shape index (κ1) is 13.9. The number of esters is 1. The molecule has 0 aromatic heterocycles. The van der Waals surface area contributed by atoms with Gasteiger partial charge in [-0.2, -0.15) is 0 Å². The minimum absolute atomic E-state index is 0.0243. The van der Waals surface area contributed by atoms with Gasteiger partial charge in [-0.15, -0.1) is 11.6 Å². The van der Waals surface area contributed by atoms with E-state index in [1.54, 1.807) is 24.3 Å². The van der Waals surface area contributed by atoms with E-state index in [4.69, 9.17) is 21.4 Å². The van der Waals surface area contributed by atoms with Gasteiger partial charge in [-0.3, -0.25) is 4.79 Å². The number of carbonyl (C=O) groups excluding carboxylic acids is 1. The number of hydrogen-bond donors (Lipinski definition) is 1. The topological polar surface area (TPSA) is 63.6 Å². The second-order valence-electron chi connectivity index (χ2n) is 4.76. The Hall–Kier alpha value is -1.55. The molecular weight excluding hydrogens is 268 g/mol. The van der Waals surface area contributed by atoms with Crippen molar-refractivity contribution in [3.63, 3.8) is 0 Å². The predicted octanol–water partition coefficient (Wildman–Crippen LogP) is 2.56. The summed E-state index contributed by atoms with van der Waals surface area (Å²) in [4.78, 5) is 22.7. The maximum Gasteiger partial charge on any atom is 0.338 e. The van der Waals surface area contributed by atoms with E-state index < -0.39 is 11.9 Å². The van der Waals surface area contributed by atoms with Crippen LogP contribution >= 0.6 is 11.6 Å². The average Bonchev–Trinajstić information content (AvgIpc) is 2.78. The summed E-state index contributed by atoms with van der Waals surface area (Å²) in [7, 11) is 0. The van der Waals surface area contributed by atoms with E-state index in [2.05, 4.69) is 0 Å². The SMILES string of the molecule is O=C(OCC1CC(Cl)C(C(=O)O)C1)c1ccccc1. The van der Waals surface area contributed by atoms with Crippen LogP contribution in [0.1, 0.15) is 23.2 Å². The second-order valence-corrected chi connectivity index (χ2v) is 5.32. The van der Waals surface area contributed by atoms with Crippen molar-refractivity contribution in [2.45, 2.75) is 18.2 Å². The zero-order chi connectivity index (χ0) is 13.8. The minimum atomic E-state index is -0.878. The van der Waals surface area contributed by atoms with Gasteiger partial charge < -0.3 is 9.84 Å². The first-order chi connectivity index (χ1) is 9.08. The van der Waals surface area contributed by atoms with Crippen LogP contribution in [-0.4, -0.2) is 29.0 Å². The van der Waals surface area contributed by atoms with Gasteiger partial charge >= 0.3 is 11.9 Å². The third-order valence-electron chi connectivity index (χ3n) is 3.36. The molecule has 1 aliphatic carbocycles. The summed E-state index contributed by atoms with van der Waals surface area (Å²) in [6.45, 7) is 0.223. The largest absolute Gasteiger partial charge is 0.481 e. The number of carboxylic acid groups (broad SMARTS) is 1. The van der Waals surface area contributed by atoms with Crippen LogP contribution in [0.5, 0.6) is 0 Å². The normalized spacial score (nSPS) is 26.1. The van der Waals surface area contributed by atoms with E-state index in [9.17, 15) is 9.59 Å². The number of halogens is 1. The first-order valence-electron chi connectivity index (χ1n) is 6.17. The van der Waals surface area contributed by atoms with Gasteiger partial charge in [0.1, 0.15) is 0 Å². The van der Waals surface area contributed by atoms with Gasteiger partial charge in [-0.25, -0.2) is 4.79 Å². The molecule has 5 heteroatoms. The molecule has 0 aliphatic heterocycles. The molecule has 0 amide bonds. The number of alkyl halides is 1. The average molecular weight is 283 g/mol. The summed E-state index contributed by atoms with van der Waals surface area (Å²) in [5, 5.41) is 8.59. The Bertz CT molecular complexity index is 460. The van der Waals surface area contributed by atoms with E-state index >= 15 is 0 Å². The van der Waals surface area contributed by atoms with Crippen molar-refractivity contribution in [2.75, 3.05) is 6.61 Å². The Kier molecular flexibility index (Phi) is 4.43. The van der Waals surface area contributed by atoms with E-state index in [0.717, 1.165) is 0 Å². The number of aliphatic carboxylic acids is 1. The lowest BCUT2D eigenvalue weighted by molar-refractivity contribution is -0.141. The van der Waals surface area contributed by atoms with Gasteiger partial charge in [0.05, 0.1) is 18.1 Å². The third kappa shape index (κ3) is 3.47. The van der Waals surface area contributed by atoms with Crippen LogP contribution in [0.2, 0.25) is 0 Å². The highest BCUT2D eigenvalue weighted by Gasteiger charge is 2.38. The highest BCUT2D eigenvalue weighted by molar-refractivity contribution is 6.22. The zero-order valence-electron chi connectivity index (χ0n) is 10.3. The molecule has 1 saturated carbocycles. The molecule has 0 spiro atoms. The van der Waals surface area contributed by atoms with Crippen molar-refractivity contribution in [3.05, 3.63) is 35.9 Å². The molecule has 0 saturated heterocycles. The van der Waals surface area contributed by atoms with Crippen molar-refractivity contribution in [1.29, 1.82) is 0 Å². The molecule has 4 nitrogen and oxygen atoms in total. The van der Waals surface area contributed by atoms with Gasteiger partial charge in [0.15, 0.2) is 0 Å². The molecular formula is C14H15ClO4. The lowest BCUT2D eigenvalue weighted by atomic mass is 10.1. The molecule has 0 heterocycles. The number of ether oxygens (including phenoxy) is 1. The summed E-state index contributed by atoms with van der Waals surface area (Å²) >= 11 is 5.98. The molecule has 3 unspecified atom stereocenters. The summed E-state index contributed by atoms with van der Waals surface area (Å²) in [5.41, 5.74) is 0.498. The Labute approximate surface area is 116 Å². The smallest absolute Gasteiger partial charge is 0.338 e. The standard InChI is InChI=1S/C14H15ClO4/c15-12-7-9(6-11(12)13(16)17)8-19-14(18)10-4-2-1-3-5-10/h1-5,9,11-12H,6-8H2,(H,16,17). The number of benzene rings is 1. The molecule has 0 bridgehead atoms. The third-order valence-corrected chi connectivity index (χ3v) is 3.84. The lowest BCUT2D eigenvalue weighted by Crippen LogP contribution is -2.18. The Morgan fingerprint density at radius 2 is 1.95 bits per heavy atom. The first-order valence-corrected chi connectivity index (χ1v) is 6.60. The van der Waals surface area contributed by atoms with Gasteiger partial charge in [-0.1, -0.05) is 18.2 Å². The van der Waals surface area contributed by atoms with Gasteiger partial charge in [0.2, 0.25) is 0 Å². The fraction of sp³-hybridized carbons (Fsp3) is 0.429. The van der Waals surface area contributed by atoms with Crippen molar-refractivity contribution in [3.8, 4) is 0 Å². The van der Waals surface area contributed by atoms with E-state index in [-0.39, 0.29) is 23.9 Å². The van der Waals surface area contributed by atoms with Crippen molar-refractivity contribution < 1.29 is 19.4 Å². The Morgan fingerprint density at radius 1 is 1.26 bits per heavy atom. The van der Waals surface area contributed by atoms with Crippen LogP contribution in [0.25, 0.3) is 0 Å². The van der Waals surface area contributed by atoms with Crippen LogP contribution in [0.3, 0.4) is 0 Å². The second kappa shape index (κ2) is 6.06. The molecule has 2 rings (SSSR count). The quantitative estimate of drug-likeness (QED) is 0.681. The van der Waals surface area contributed by atoms with Gasteiger partial charge in [0, 0.05) is 5.38 Å². The number of carbonyl (C=O) groups is 2. The van der Waals surface area contributed by atoms with Crippen molar-refractivity contribution in [2.24, 2.45) is 11.8 Å². The monoisotopic (exact) mass is 282 g/mol. The van der Waals surface area contributed by atoms with E-state index in [0.29, 0.717) is 18.4 Å². The van der Waals surface area contributed by atoms with Crippen LogP contribution in [0, 0.1) is 11.8 Å². The lowest BCUT2D eigenvalue weighted by Gasteiger charge is -2.10. The molecule has 1 N–H and O–H groups in total. The summed E-state index contributed by atoms with van der Waals surface area (Å²) in [6.07, 6.45) is 1.03. The minimum Gasteiger partial charge on any atom is -0.481 e. The number of carboxylic acids is 1. The summed E-state index contributed by atoms with van der Waals surface area (Å²) < 4.78 is 5.20. The highest BCUT2D eigenvalue weighted by atomic mass is 35.5. The Morgan fingerprint density at radius 3 is 2.53 bits per heavy atom. The van der Waals surface area contributed by atoms with Gasteiger partial charge in [0.25, 0.3) is 0 Å². The van der Waals surface area contributed by atoms with Crippen LogP contribution in [0.15, 0.2) is 30.3 Å². The number of hydrogen-bond acceptors (Lipinski definition) is 3. The molecule has 1 aromatic carbocycles. The van der Waals surface area contributed by atoms with Crippen LogP contribution in [-0.2, 0) is 9.53 Å². The highest BCUT2D eigenvalue weighted by Crippen LogP contribution is 2.35. The van der Waals surface area contributed by atoms with Gasteiger partial charge in [-0.05, 0) is 30.9 Å². The van der Waals surface area contributed by atoms with Crippen molar-refractivity contribution in [1.82, 2.24) is 0 Å². The molecule has 1 aromatic rings. The van der Waals surface area contributed by atoms with Crippen LogP contribution < -0.4 is 0 Å². The molecule has 1 fully saturated rings. The van der Waals surface area contributed by atoms with E-state index in [1.165, 1.54) is 0 Å². The maximum atomic E-state index is 11.7. The zero-order valence-corrected chi connectivity index (χ0v) is 11.0. The molecule has 1 aliphatic rings. The summed E-state index contributed by atoms with van der Waals surface area (Å²) in [5.74, 6) is -1.78. The maximum absolute atomic E-state index is 11.7. The number of rotatable bonds is 4. The molecule has 102 valence electrons. The van der Waals surface area contributed by atoms with Crippen molar-refractivity contribution >= 4 is 23.5 Å². The fourth-order valence-electron chi connectivity index (χ4n) is 2.33.